The van der Waals surface area contributed by atoms with Gasteiger partial charge in [0.05, 0.1) is 11.9 Å². The number of rotatable bonds is 2. The van der Waals surface area contributed by atoms with E-state index < -0.39 is 5.91 Å². The Morgan fingerprint density at radius 2 is 2.40 bits per heavy atom. The lowest BCUT2D eigenvalue weighted by molar-refractivity contribution is -0.112. The second-order valence-corrected chi connectivity index (χ2v) is 2.77. The molecule has 0 radical (unpaired) electrons. The number of nitriles is 1. The Labute approximate surface area is 86.7 Å². The van der Waals surface area contributed by atoms with Crippen molar-refractivity contribution >= 4 is 11.6 Å². The number of aliphatic hydroxyl groups excluding tert-OH is 1. The predicted molar refractivity (Wildman–Crippen MR) is 53.8 cm³/mol. The maximum absolute atomic E-state index is 11.4. The van der Waals surface area contributed by atoms with Gasteiger partial charge in [0.1, 0.15) is 11.8 Å². The molecule has 1 aromatic rings. The molecule has 0 spiro atoms. The Morgan fingerprint density at radius 3 is 2.87 bits per heavy atom. The Balaban J connectivity index is 2.82. The Morgan fingerprint density at radius 1 is 1.67 bits per heavy atom. The minimum atomic E-state index is -0.648. The summed E-state index contributed by atoms with van der Waals surface area (Å²) in [5.41, 5.74) is 0.162. The number of anilines is 1. The van der Waals surface area contributed by atoms with Gasteiger partial charge in [0, 0.05) is 6.20 Å². The minimum absolute atomic E-state index is 0.307. The molecule has 5 heteroatoms. The van der Waals surface area contributed by atoms with E-state index in [0.717, 1.165) is 0 Å². The second-order valence-electron chi connectivity index (χ2n) is 2.77. The van der Waals surface area contributed by atoms with Gasteiger partial charge in [-0.2, -0.15) is 5.26 Å². The molecule has 0 bridgehead atoms. The molecule has 15 heavy (non-hydrogen) atoms. The summed E-state index contributed by atoms with van der Waals surface area (Å²) < 4.78 is 0. The summed E-state index contributed by atoms with van der Waals surface area (Å²) in [4.78, 5) is 15.2. The van der Waals surface area contributed by atoms with Crippen LogP contribution in [0.5, 0.6) is 0 Å². The summed E-state index contributed by atoms with van der Waals surface area (Å²) in [6.07, 6.45) is 3.01. The van der Waals surface area contributed by atoms with E-state index in [0.29, 0.717) is 5.69 Å². The van der Waals surface area contributed by atoms with Crippen molar-refractivity contribution in [3.63, 3.8) is 0 Å². The molecular formula is C10H9N3O2. The number of allylic oxidation sites excluding steroid dienone is 1. The van der Waals surface area contributed by atoms with Crippen LogP contribution < -0.4 is 5.32 Å². The monoisotopic (exact) mass is 203 g/mol. The van der Waals surface area contributed by atoms with Crippen LogP contribution in [-0.2, 0) is 4.79 Å². The summed E-state index contributed by atoms with van der Waals surface area (Å²) in [7, 11) is 0. The van der Waals surface area contributed by atoms with Crippen LogP contribution in [0, 0.1) is 11.3 Å². The number of pyridine rings is 1. The molecule has 0 unspecified atom stereocenters. The van der Waals surface area contributed by atoms with Crippen molar-refractivity contribution in [2.75, 3.05) is 5.32 Å². The number of aromatic nitrogens is 1. The fourth-order valence-electron chi connectivity index (χ4n) is 0.926. The van der Waals surface area contributed by atoms with Gasteiger partial charge in [-0.3, -0.25) is 9.78 Å². The fraction of sp³-hybridized carbons (Fsp3) is 0.100. The van der Waals surface area contributed by atoms with Crippen LogP contribution in [-0.4, -0.2) is 16.0 Å². The van der Waals surface area contributed by atoms with Crippen molar-refractivity contribution in [3.05, 3.63) is 35.9 Å². The molecule has 0 aliphatic heterocycles. The lowest BCUT2D eigenvalue weighted by atomic mass is 10.2. The summed E-state index contributed by atoms with van der Waals surface area (Å²) in [6, 6.07) is 4.90. The molecule has 76 valence electrons. The molecule has 0 atom stereocenters. The molecule has 0 saturated carbocycles. The number of nitrogens with zero attached hydrogens (tertiary/aromatic N) is 2. The molecular weight excluding hydrogens is 194 g/mol. The lowest BCUT2D eigenvalue weighted by Gasteiger charge is -2.03. The van der Waals surface area contributed by atoms with Crippen molar-refractivity contribution < 1.29 is 9.90 Å². The highest BCUT2D eigenvalue weighted by Gasteiger charge is 2.12. The van der Waals surface area contributed by atoms with Crippen LogP contribution >= 0.6 is 0 Å². The summed E-state index contributed by atoms with van der Waals surface area (Å²) in [5, 5.41) is 20.1. The van der Waals surface area contributed by atoms with Crippen LogP contribution in [0.1, 0.15) is 6.92 Å². The predicted octanol–water partition coefficient (Wildman–Crippen LogP) is 1.38. The molecule has 0 saturated heterocycles. The number of carbonyl (C=O) groups excluding carboxylic acids is 1. The maximum Gasteiger partial charge on any atom is 0.269 e. The molecule has 0 aromatic carbocycles. The molecule has 2 N–H and O–H groups in total. The molecule has 0 fully saturated rings. The van der Waals surface area contributed by atoms with Gasteiger partial charge in [0.2, 0.25) is 0 Å². The lowest BCUT2D eigenvalue weighted by Crippen LogP contribution is -2.14. The zero-order valence-electron chi connectivity index (χ0n) is 8.06. The first-order valence-electron chi connectivity index (χ1n) is 4.16. The number of carbonyl (C=O) groups is 1. The molecule has 0 aliphatic carbocycles. The largest absolute Gasteiger partial charge is 0.511 e. The first-order chi connectivity index (χ1) is 7.15. The van der Waals surface area contributed by atoms with Crippen LogP contribution in [0.25, 0.3) is 0 Å². The number of hydrogen-bond donors (Lipinski definition) is 2. The van der Waals surface area contributed by atoms with Crippen molar-refractivity contribution in [3.8, 4) is 6.07 Å². The minimum Gasteiger partial charge on any atom is -0.511 e. The highest BCUT2D eigenvalue weighted by atomic mass is 16.3. The van der Waals surface area contributed by atoms with E-state index in [4.69, 9.17) is 10.4 Å². The Hall–Kier alpha value is -2.35. The fourth-order valence-corrected chi connectivity index (χ4v) is 0.926. The van der Waals surface area contributed by atoms with Gasteiger partial charge in [0.15, 0.2) is 5.57 Å². The van der Waals surface area contributed by atoms with E-state index >= 15 is 0 Å². The molecule has 0 aliphatic rings. The first kappa shape index (κ1) is 10.7. The molecule has 1 amide bonds. The maximum atomic E-state index is 11.4. The zero-order chi connectivity index (χ0) is 11.3. The molecule has 5 nitrogen and oxygen atoms in total. The van der Waals surface area contributed by atoms with Gasteiger partial charge in [-0.1, -0.05) is 0 Å². The summed E-state index contributed by atoms with van der Waals surface area (Å²) in [5.74, 6) is -0.954. The number of aliphatic hydroxyl groups is 1. The van der Waals surface area contributed by atoms with Crippen LogP contribution in [0.3, 0.4) is 0 Å². The third-order valence-electron chi connectivity index (χ3n) is 1.62. The van der Waals surface area contributed by atoms with Crippen molar-refractivity contribution in [1.29, 1.82) is 5.26 Å². The van der Waals surface area contributed by atoms with Crippen molar-refractivity contribution in [2.24, 2.45) is 0 Å². The van der Waals surface area contributed by atoms with E-state index in [1.807, 2.05) is 0 Å². The Kier molecular flexibility index (Phi) is 3.41. The zero-order valence-corrected chi connectivity index (χ0v) is 8.06. The molecule has 1 heterocycles. The standard InChI is InChI=1S/C10H9N3O2/c1-7(14)9(5-11)10(15)13-8-3-2-4-12-6-8/h2-4,6,14H,1H3,(H,13,15). The van der Waals surface area contributed by atoms with E-state index in [1.54, 1.807) is 24.4 Å². The number of hydrogen-bond acceptors (Lipinski definition) is 4. The number of amides is 1. The highest BCUT2D eigenvalue weighted by molar-refractivity contribution is 6.06. The van der Waals surface area contributed by atoms with E-state index in [-0.39, 0.29) is 11.3 Å². The van der Waals surface area contributed by atoms with Gasteiger partial charge < -0.3 is 10.4 Å². The average molecular weight is 203 g/mol. The second kappa shape index (κ2) is 4.77. The quantitative estimate of drug-likeness (QED) is 0.432. The average Bonchev–Trinajstić information content (AvgIpc) is 2.19. The highest BCUT2D eigenvalue weighted by Crippen LogP contribution is 2.07. The third-order valence-corrected chi connectivity index (χ3v) is 1.62. The number of nitrogens with one attached hydrogen (secondary N) is 1. The summed E-state index contributed by atoms with van der Waals surface area (Å²) in [6.45, 7) is 1.28. The van der Waals surface area contributed by atoms with Gasteiger partial charge >= 0.3 is 0 Å². The van der Waals surface area contributed by atoms with E-state index in [2.05, 4.69) is 10.3 Å². The van der Waals surface area contributed by atoms with Crippen LogP contribution in [0.4, 0.5) is 5.69 Å². The topological polar surface area (TPSA) is 86.0 Å². The van der Waals surface area contributed by atoms with Crippen LogP contribution in [0.15, 0.2) is 35.9 Å². The molecule has 1 rings (SSSR count). The normalized spacial score (nSPS) is 11.2. The SMILES string of the molecule is CC(O)=C(C#N)C(=O)Nc1cccnc1. The Bertz CT molecular complexity index is 428. The smallest absolute Gasteiger partial charge is 0.269 e. The van der Waals surface area contributed by atoms with Gasteiger partial charge in [-0.05, 0) is 19.1 Å². The van der Waals surface area contributed by atoms with Crippen molar-refractivity contribution in [2.45, 2.75) is 6.92 Å². The third kappa shape index (κ3) is 2.81. The van der Waals surface area contributed by atoms with Crippen molar-refractivity contribution in [1.82, 2.24) is 4.98 Å². The van der Waals surface area contributed by atoms with E-state index in [1.165, 1.54) is 13.1 Å². The van der Waals surface area contributed by atoms with Crippen LogP contribution in [0.2, 0.25) is 0 Å². The summed E-state index contributed by atoms with van der Waals surface area (Å²) >= 11 is 0. The van der Waals surface area contributed by atoms with E-state index in [9.17, 15) is 4.79 Å². The van der Waals surface area contributed by atoms with Gasteiger partial charge in [-0.15, -0.1) is 0 Å². The van der Waals surface area contributed by atoms with Gasteiger partial charge in [0.25, 0.3) is 5.91 Å². The molecule has 1 aromatic heterocycles. The first-order valence-corrected chi connectivity index (χ1v) is 4.16. The van der Waals surface area contributed by atoms with Gasteiger partial charge in [-0.25, -0.2) is 0 Å².